The summed E-state index contributed by atoms with van der Waals surface area (Å²) in [7, 11) is 1.43. The summed E-state index contributed by atoms with van der Waals surface area (Å²) in [4.78, 5) is 35.3. The highest BCUT2D eigenvalue weighted by molar-refractivity contribution is 7.47. The molecular formula is C45H81NO8P+. The van der Waals surface area contributed by atoms with Crippen molar-refractivity contribution in [3.05, 3.63) is 60.8 Å². The molecule has 0 aromatic heterocycles. The van der Waals surface area contributed by atoms with E-state index in [1.165, 1.54) is 77.0 Å². The molecule has 0 radical (unpaired) electrons. The summed E-state index contributed by atoms with van der Waals surface area (Å²) < 4.78 is 34.2. The first-order valence-corrected chi connectivity index (χ1v) is 23.0. The van der Waals surface area contributed by atoms with E-state index in [-0.39, 0.29) is 26.1 Å². The molecule has 0 aromatic carbocycles. The summed E-state index contributed by atoms with van der Waals surface area (Å²) in [5, 5.41) is 0. The van der Waals surface area contributed by atoms with Crippen LogP contribution in [0.3, 0.4) is 0 Å². The average molecular weight is 795 g/mol. The molecule has 0 aliphatic carbocycles. The molecule has 1 unspecified atom stereocenters. The van der Waals surface area contributed by atoms with Crippen LogP contribution in [0, 0.1) is 0 Å². The highest BCUT2D eigenvalue weighted by atomic mass is 31.2. The molecular weight excluding hydrogens is 713 g/mol. The van der Waals surface area contributed by atoms with Crippen molar-refractivity contribution >= 4 is 19.8 Å². The maximum Gasteiger partial charge on any atom is 0.472 e. The molecule has 2 atom stereocenters. The fraction of sp³-hybridized carbons (Fsp3) is 0.733. The monoisotopic (exact) mass is 795 g/mol. The molecule has 0 saturated heterocycles. The van der Waals surface area contributed by atoms with Crippen LogP contribution in [0.1, 0.15) is 162 Å². The van der Waals surface area contributed by atoms with Crippen molar-refractivity contribution in [3.63, 3.8) is 0 Å². The summed E-state index contributed by atoms with van der Waals surface area (Å²) >= 11 is 0. The third kappa shape index (κ3) is 41.2. The first-order valence-electron chi connectivity index (χ1n) is 21.5. The van der Waals surface area contributed by atoms with Crippen LogP contribution in [0.5, 0.6) is 0 Å². The number of carbonyl (C=O) groups is 2. The van der Waals surface area contributed by atoms with Crippen molar-refractivity contribution in [1.29, 1.82) is 0 Å². The molecule has 0 saturated carbocycles. The van der Waals surface area contributed by atoms with Gasteiger partial charge in [-0.15, -0.1) is 0 Å². The van der Waals surface area contributed by atoms with Gasteiger partial charge in [-0.3, -0.25) is 18.6 Å². The highest BCUT2D eigenvalue weighted by Crippen LogP contribution is 2.43. The molecule has 55 heavy (non-hydrogen) atoms. The number of quaternary nitrogens is 1. The second kappa shape index (κ2) is 37.3. The Morgan fingerprint density at radius 2 is 1.02 bits per heavy atom. The van der Waals surface area contributed by atoms with Crippen molar-refractivity contribution in [3.8, 4) is 0 Å². The van der Waals surface area contributed by atoms with E-state index in [2.05, 4.69) is 62.5 Å². The van der Waals surface area contributed by atoms with Gasteiger partial charge in [0.15, 0.2) is 6.10 Å². The van der Waals surface area contributed by atoms with Gasteiger partial charge in [-0.05, 0) is 51.4 Å². The molecule has 0 aromatic rings. The lowest BCUT2D eigenvalue weighted by atomic mass is 10.0. The molecule has 0 rings (SSSR count). The maximum absolute atomic E-state index is 12.6. The summed E-state index contributed by atoms with van der Waals surface area (Å²) in [6, 6.07) is 0. The number of ether oxygens (including phenoxy) is 2. The number of phosphoric ester groups is 1. The van der Waals surface area contributed by atoms with Crippen molar-refractivity contribution < 1.29 is 42.1 Å². The molecule has 0 heterocycles. The quantitative estimate of drug-likeness (QED) is 0.0216. The number of rotatable bonds is 38. The van der Waals surface area contributed by atoms with E-state index in [1.54, 1.807) is 0 Å². The zero-order chi connectivity index (χ0) is 40.7. The molecule has 1 N–H and O–H groups in total. The van der Waals surface area contributed by atoms with Crippen LogP contribution in [0.15, 0.2) is 60.8 Å². The van der Waals surface area contributed by atoms with Crippen molar-refractivity contribution in [1.82, 2.24) is 0 Å². The number of carbonyl (C=O) groups excluding carboxylic acids is 2. The first-order chi connectivity index (χ1) is 26.5. The Morgan fingerprint density at radius 3 is 1.53 bits per heavy atom. The third-order valence-electron chi connectivity index (χ3n) is 8.81. The lowest BCUT2D eigenvalue weighted by Gasteiger charge is -2.24. The summed E-state index contributed by atoms with van der Waals surface area (Å²) in [6.07, 6.45) is 44.2. The molecule has 9 nitrogen and oxygen atoms in total. The van der Waals surface area contributed by atoms with Crippen LogP contribution < -0.4 is 0 Å². The predicted molar refractivity (Wildman–Crippen MR) is 229 cm³/mol. The number of likely N-dealkylation sites (N-methyl/N-ethyl adjacent to an activating group) is 1. The number of hydrogen-bond donors (Lipinski definition) is 1. The first kappa shape index (κ1) is 52.7. The van der Waals surface area contributed by atoms with Crippen molar-refractivity contribution in [2.24, 2.45) is 0 Å². The Kier molecular flexibility index (Phi) is 35.7. The van der Waals surface area contributed by atoms with Gasteiger partial charge in [0.2, 0.25) is 0 Å². The van der Waals surface area contributed by atoms with Crippen molar-refractivity contribution in [2.75, 3.05) is 47.5 Å². The van der Waals surface area contributed by atoms with E-state index in [0.29, 0.717) is 23.9 Å². The third-order valence-corrected chi connectivity index (χ3v) is 9.80. The van der Waals surface area contributed by atoms with Gasteiger partial charge in [0, 0.05) is 12.8 Å². The van der Waals surface area contributed by atoms with Gasteiger partial charge in [0.05, 0.1) is 27.7 Å². The lowest BCUT2D eigenvalue weighted by molar-refractivity contribution is -0.870. The van der Waals surface area contributed by atoms with Gasteiger partial charge in [-0.1, -0.05) is 158 Å². The van der Waals surface area contributed by atoms with Crippen LogP contribution in [0.25, 0.3) is 0 Å². The smallest absolute Gasteiger partial charge is 0.462 e. The molecule has 0 aliphatic rings. The average Bonchev–Trinajstić information content (AvgIpc) is 3.13. The van der Waals surface area contributed by atoms with E-state index >= 15 is 0 Å². The van der Waals surface area contributed by atoms with Crippen LogP contribution in [-0.2, 0) is 32.7 Å². The normalized spacial score (nSPS) is 14.2. The molecule has 10 heteroatoms. The second-order valence-corrected chi connectivity index (χ2v) is 16.8. The van der Waals surface area contributed by atoms with Crippen LogP contribution in [-0.4, -0.2) is 74.9 Å². The fourth-order valence-corrected chi connectivity index (χ4v) is 6.15. The van der Waals surface area contributed by atoms with E-state index in [4.69, 9.17) is 18.5 Å². The zero-order valence-corrected chi connectivity index (χ0v) is 36.5. The van der Waals surface area contributed by atoms with Gasteiger partial charge in [-0.25, -0.2) is 4.57 Å². The van der Waals surface area contributed by atoms with Gasteiger partial charge < -0.3 is 18.9 Å². The van der Waals surface area contributed by atoms with E-state index in [1.807, 2.05) is 33.3 Å². The van der Waals surface area contributed by atoms with E-state index in [9.17, 15) is 19.0 Å². The lowest BCUT2D eigenvalue weighted by Crippen LogP contribution is -2.37. The number of esters is 2. The molecule has 0 spiro atoms. The standard InChI is InChI=1S/C45H80NO8P/c1-6-8-10-12-14-16-18-20-21-22-23-24-25-26-28-29-31-33-35-37-44(47)51-41-43(42-53-55(49,50)52-40-39-46(3,4)5)54-45(48)38-36-34-32-30-27-19-17-15-13-11-9-7-2/h14,16,20-21,23-24,26,28,31,33,43H,6-13,15,17-19,22,25,27,29-30,32,34-42H2,1-5H3/p+1/b16-14-,21-20-,24-23-,28-26-,33-31-/t43-/m1/s1. The zero-order valence-electron chi connectivity index (χ0n) is 35.6. The SMILES string of the molecule is CCCCC/C=C\C/C=C\C/C=C\C/C=C\C/C=C\CCC(=O)OC[C@H](COP(=O)(O)OCC[N+](C)(C)C)OC(=O)CCCCCCCCCCCCCC. The van der Waals surface area contributed by atoms with Gasteiger partial charge in [-0.2, -0.15) is 0 Å². The Balaban J connectivity index is 4.49. The largest absolute Gasteiger partial charge is 0.472 e. The van der Waals surface area contributed by atoms with Gasteiger partial charge in [0.1, 0.15) is 19.8 Å². The fourth-order valence-electron chi connectivity index (χ4n) is 5.41. The Labute approximate surface area is 336 Å². The molecule has 0 bridgehead atoms. The number of nitrogens with zero attached hydrogens (tertiary/aromatic N) is 1. The van der Waals surface area contributed by atoms with E-state index < -0.39 is 32.5 Å². The Bertz CT molecular complexity index is 1120. The minimum Gasteiger partial charge on any atom is -0.462 e. The minimum atomic E-state index is -4.39. The van der Waals surface area contributed by atoms with Gasteiger partial charge >= 0.3 is 19.8 Å². The second-order valence-electron chi connectivity index (χ2n) is 15.4. The summed E-state index contributed by atoms with van der Waals surface area (Å²) in [6.45, 7) is 4.29. The molecule has 318 valence electrons. The minimum absolute atomic E-state index is 0.0195. The van der Waals surface area contributed by atoms with Gasteiger partial charge in [0.25, 0.3) is 0 Å². The molecule has 0 aliphatic heterocycles. The van der Waals surface area contributed by atoms with Crippen LogP contribution in [0.4, 0.5) is 0 Å². The van der Waals surface area contributed by atoms with Crippen LogP contribution in [0.2, 0.25) is 0 Å². The molecule has 0 fully saturated rings. The Morgan fingerprint density at radius 1 is 0.564 bits per heavy atom. The number of hydrogen-bond acceptors (Lipinski definition) is 7. The number of allylic oxidation sites excluding steroid dienone is 10. The molecule has 0 amide bonds. The Hall–Kier alpha value is -2.29. The van der Waals surface area contributed by atoms with Crippen molar-refractivity contribution in [2.45, 2.75) is 168 Å². The van der Waals surface area contributed by atoms with E-state index in [0.717, 1.165) is 44.9 Å². The highest BCUT2D eigenvalue weighted by Gasteiger charge is 2.27. The summed E-state index contributed by atoms with van der Waals surface area (Å²) in [5.41, 5.74) is 0. The summed E-state index contributed by atoms with van der Waals surface area (Å²) in [5.74, 6) is -0.897. The topological polar surface area (TPSA) is 108 Å². The van der Waals surface area contributed by atoms with Crippen LogP contribution >= 0.6 is 7.82 Å². The number of unbranched alkanes of at least 4 members (excludes halogenated alkanes) is 14. The predicted octanol–water partition coefficient (Wildman–Crippen LogP) is 12.1. The maximum atomic E-state index is 12.6. The number of phosphoric acid groups is 1.